The Labute approximate surface area is 54.4 Å². The fourth-order valence-corrected chi connectivity index (χ4v) is 0.780. The fourth-order valence-electron chi connectivity index (χ4n) is 0.260. The second-order valence-corrected chi connectivity index (χ2v) is 2.75. The molecule has 0 spiro atoms. The molecule has 4 heteroatoms. The van der Waals surface area contributed by atoms with Crippen LogP contribution in [0.25, 0.3) is 0 Å². The first-order valence-electron chi connectivity index (χ1n) is 2.11. The summed E-state index contributed by atoms with van der Waals surface area (Å²) in [5, 5.41) is 0.828. The summed E-state index contributed by atoms with van der Waals surface area (Å²) in [6.07, 6.45) is 1.07. The molecule has 0 aliphatic rings. The van der Waals surface area contributed by atoms with Crippen molar-refractivity contribution in [1.82, 2.24) is 4.72 Å². The highest BCUT2D eigenvalue weighted by atomic mass is 32.2. The van der Waals surface area contributed by atoms with Crippen molar-refractivity contribution >= 4 is 10.0 Å². The Morgan fingerprint density at radius 2 is 2.11 bits per heavy atom. The zero-order valence-electron chi connectivity index (χ0n) is 4.79. The average Bonchev–Trinajstić information content (AvgIpc) is 1.64. The van der Waals surface area contributed by atoms with Gasteiger partial charge >= 0.3 is 0 Å². The lowest BCUT2D eigenvalue weighted by atomic mass is 11.0. The van der Waals surface area contributed by atoms with Gasteiger partial charge in [-0.1, -0.05) is 13.2 Å². The number of sulfonamides is 1. The summed E-state index contributed by atoms with van der Waals surface area (Å²) in [4.78, 5) is 0. The Balaban J connectivity index is 4.40. The molecule has 0 rings (SSSR count). The van der Waals surface area contributed by atoms with Crippen molar-refractivity contribution in [3.05, 3.63) is 30.5 Å². The molecule has 0 atom stereocenters. The Morgan fingerprint density at radius 1 is 1.56 bits per heavy atom. The summed E-state index contributed by atoms with van der Waals surface area (Å²) < 4.78 is 23.0. The lowest BCUT2D eigenvalue weighted by molar-refractivity contribution is 0.599. The van der Waals surface area contributed by atoms with Crippen LogP contribution in [0.5, 0.6) is 0 Å². The van der Waals surface area contributed by atoms with Crippen LogP contribution < -0.4 is 4.72 Å². The van der Waals surface area contributed by atoms with Crippen molar-refractivity contribution in [2.24, 2.45) is 0 Å². The van der Waals surface area contributed by atoms with Gasteiger partial charge in [0.1, 0.15) is 0 Å². The molecular weight excluding hydrogens is 138 g/mol. The Kier molecular flexibility index (Phi) is 2.78. The molecule has 1 N–H and O–H groups in total. The van der Waals surface area contributed by atoms with Crippen LogP contribution in [0.2, 0.25) is 0 Å². The third-order valence-electron chi connectivity index (χ3n) is 0.486. The first-order chi connectivity index (χ1) is 4.12. The van der Waals surface area contributed by atoms with Gasteiger partial charge in [0, 0.05) is 6.20 Å². The SMILES string of the molecule is C=C=CS(=O)(=O)NC=C. The van der Waals surface area contributed by atoms with E-state index in [9.17, 15) is 8.42 Å². The van der Waals surface area contributed by atoms with Crippen molar-refractivity contribution in [3.8, 4) is 0 Å². The Hall–Kier alpha value is -0.990. The van der Waals surface area contributed by atoms with E-state index in [1.165, 1.54) is 0 Å². The normalized spacial score (nSPS) is 9.33. The van der Waals surface area contributed by atoms with Gasteiger partial charge in [0.25, 0.3) is 10.0 Å². The van der Waals surface area contributed by atoms with Gasteiger partial charge < -0.3 is 0 Å². The molecular formula is C5H7NO2S. The highest BCUT2D eigenvalue weighted by Gasteiger charge is 1.96. The lowest BCUT2D eigenvalue weighted by Gasteiger charge is -1.91. The third-order valence-corrected chi connectivity index (χ3v) is 1.46. The third kappa shape index (κ3) is 3.58. The second-order valence-electron chi connectivity index (χ2n) is 1.19. The number of nitrogens with one attached hydrogen (secondary N) is 1. The predicted molar refractivity (Wildman–Crippen MR) is 36.0 cm³/mol. The molecule has 0 aromatic heterocycles. The molecule has 0 saturated carbocycles. The zero-order chi connectivity index (χ0) is 7.33. The maximum atomic E-state index is 10.5. The van der Waals surface area contributed by atoms with Crippen LogP contribution in [-0.2, 0) is 10.0 Å². The summed E-state index contributed by atoms with van der Waals surface area (Å²) in [6, 6.07) is 0. The van der Waals surface area contributed by atoms with Gasteiger partial charge in [-0.3, -0.25) is 4.72 Å². The van der Waals surface area contributed by atoms with Crippen LogP contribution in [0.15, 0.2) is 30.5 Å². The number of rotatable bonds is 3. The van der Waals surface area contributed by atoms with Gasteiger partial charge in [-0.05, 0) is 0 Å². The van der Waals surface area contributed by atoms with E-state index in [0.29, 0.717) is 0 Å². The molecule has 0 saturated heterocycles. The van der Waals surface area contributed by atoms with E-state index in [-0.39, 0.29) is 0 Å². The van der Waals surface area contributed by atoms with E-state index in [1.54, 1.807) is 0 Å². The molecule has 0 aromatic rings. The molecule has 0 aliphatic heterocycles. The highest BCUT2D eigenvalue weighted by molar-refractivity contribution is 7.92. The van der Waals surface area contributed by atoms with Gasteiger partial charge in [-0.15, -0.1) is 5.73 Å². The quantitative estimate of drug-likeness (QED) is 0.582. The summed E-state index contributed by atoms with van der Waals surface area (Å²) in [6.45, 7) is 6.26. The molecule has 0 heterocycles. The number of hydrogen-bond acceptors (Lipinski definition) is 2. The molecule has 0 aromatic carbocycles. The van der Waals surface area contributed by atoms with E-state index in [2.05, 4.69) is 18.9 Å². The first-order valence-corrected chi connectivity index (χ1v) is 3.66. The molecule has 0 radical (unpaired) electrons. The molecule has 0 fully saturated rings. The minimum Gasteiger partial charge on any atom is -0.287 e. The van der Waals surface area contributed by atoms with Crippen LogP contribution in [0.3, 0.4) is 0 Å². The zero-order valence-corrected chi connectivity index (χ0v) is 5.61. The van der Waals surface area contributed by atoms with Crippen molar-refractivity contribution < 1.29 is 8.42 Å². The Morgan fingerprint density at radius 3 is 2.44 bits per heavy atom. The van der Waals surface area contributed by atoms with Crippen LogP contribution >= 0.6 is 0 Å². The molecule has 0 aliphatic carbocycles. The Bertz CT molecular complexity index is 234. The topological polar surface area (TPSA) is 46.2 Å². The van der Waals surface area contributed by atoms with Crippen LogP contribution in [0.1, 0.15) is 0 Å². The first kappa shape index (κ1) is 8.01. The molecule has 9 heavy (non-hydrogen) atoms. The van der Waals surface area contributed by atoms with Crippen molar-refractivity contribution in [2.75, 3.05) is 0 Å². The summed E-state index contributed by atoms with van der Waals surface area (Å²) in [5.74, 6) is 0. The molecule has 50 valence electrons. The van der Waals surface area contributed by atoms with E-state index in [1.807, 2.05) is 4.72 Å². The van der Waals surface area contributed by atoms with Gasteiger partial charge in [0.05, 0.1) is 5.41 Å². The van der Waals surface area contributed by atoms with E-state index >= 15 is 0 Å². The van der Waals surface area contributed by atoms with Crippen LogP contribution in [0, 0.1) is 0 Å². The van der Waals surface area contributed by atoms with Gasteiger partial charge in [0.15, 0.2) is 0 Å². The monoisotopic (exact) mass is 145 g/mol. The maximum absolute atomic E-state index is 10.5. The minimum atomic E-state index is -3.35. The smallest absolute Gasteiger partial charge is 0.261 e. The molecule has 0 bridgehead atoms. The van der Waals surface area contributed by atoms with Gasteiger partial charge in [-0.2, -0.15) is 0 Å². The highest BCUT2D eigenvalue weighted by Crippen LogP contribution is 1.81. The summed E-state index contributed by atoms with van der Waals surface area (Å²) in [7, 11) is -3.35. The maximum Gasteiger partial charge on any atom is 0.261 e. The lowest BCUT2D eigenvalue weighted by Crippen LogP contribution is -2.12. The van der Waals surface area contributed by atoms with Crippen molar-refractivity contribution in [2.45, 2.75) is 0 Å². The standard InChI is InChI=1S/C5H7NO2S/c1-3-5-9(7,8)6-4-2/h4-6H,1-2H2. The van der Waals surface area contributed by atoms with Crippen LogP contribution in [-0.4, -0.2) is 8.42 Å². The van der Waals surface area contributed by atoms with Crippen molar-refractivity contribution in [3.63, 3.8) is 0 Å². The average molecular weight is 145 g/mol. The second kappa shape index (κ2) is 3.12. The minimum absolute atomic E-state index is 0.828. The molecule has 0 unspecified atom stereocenters. The molecule has 3 nitrogen and oxygen atoms in total. The van der Waals surface area contributed by atoms with Gasteiger partial charge in [0.2, 0.25) is 0 Å². The van der Waals surface area contributed by atoms with E-state index in [0.717, 1.165) is 11.6 Å². The fraction of sp³-hybridized carbons (Fsp3) is 0. The van der Waals surface area contributed by atoms with Crippen LogP contribution in [0.4, 0.5) is 0 Å². The summed E-state index contributed by atoms with van der Waals surface area (Å²) in [5.41, 5.74) is 2.12. The van der Waals surface area contributed by atoms with Crippen molar-refractivity contribution in [1.29, 1.82) is 0 Å². The van der Waals surface area contributed by atoms with E-state index < -0.39 is 10.0 Å². The number of hydrogen-bond donors (Lipinski definition) is 1. The van der Waals surface area contributed by atoms with E-state index in [4.69, 9.17) is 0 Å². The van der Waals surface area contributed by atoms with Gasteiger partial charge in [-0.25, -0.2) is 8.42 Å². The largest absolute Gasteiger partial charge is 0.287 e. The molecule has 0 amide bonds. The summed E-state index contributed by atoms with van der Waals surface area (Å²) >= 11 is 0. The predicted octanol–water partition coefficient (Wildman–Crippen LogP) is 0.348.